The van der Waals surface area contributed by atoms with Crippen LogP contribution >= 0.6 is 0 Å². The van der Waals surface area contributed by atoms with Crippen LogP contribution in [0.5, 0.6) is 5.75 Å². The molecule has 0 aliphatic carbocycles. The second-order valence-electron chi connectivity index (χ2n) is 4.63. The van der Waals surface area contributed by atoms with Crippen LogP contribution in [-0.2, 0) is 9.84 Å². The first-order chi connectivity index (χ1) is 10.1. The molecule has 8 nitrogen and oxygen atoms in total. The largest absolute Gasteiger partial charge is 0.496 e. The van der Waals surface area contributed by atoms with Crippen molar-refractivity contribution in [1.29, 1.82) is 0 Å². The van der Waals surface area contributed by atoms with Crippen LogP contribution in [0.4, 0.5) is 0 Å². The molecule has 9 heteroatoms. The van der Waals surface area contributed by atoms with Gasteiger partial charge in [-0.2, -0.15) is 4.99 Å². The Balaban J connectivity index is 3.73. The number of sulfone groups is 1. The van der Waals surface area contributed by atoms with E-state index in [0.717, 1.165) is 12.3 Å². The van der Waals surface area contributed by atoms with Crippen molar-refractivity contribution in [2.45, 2.75) is 24.3 Å². The molecular weight excluding hydrogens is 310 g/mol. The Bertz CT molecular complexity index is 709. The van der Waals surface area contributed by atoms with Crippen LogP contribution in [0.1, 0.15) is 35.4 Å². The topological polar surface area (TPSA) is 145 Å². The molecule has 0 spiro atoms. The summed E-state index contributed by atoms with van der Waals surface area (Å²) in [5.41, 5.74) is 10.4. The van der Waals surface area contributed by atoms with Crippen molar-refractivity contribution in [2.24, 2.45) is 16.5 Å². The number of nitrogens with zero attached hydrogens (tertiary/aromatic N) is 1. The summed E-state index contributed by atoms with van der Waals surface area (Å²) in [6.45, 7) is 1.70. The lowest BCUT2D eigenvalue weighted by atomic mass is 10.0. The van der Waals surface area contributed by atoms with Crippen molar-refractivity contribution in [3.8, 4) is 5.75 Å². The van der Waals surface area contributed by atoms with E-state index in [0.29, 0.717) is 6.42 Å². The number of aliphatic hydroxyl groups excluding tert-OH is 1. The van der Waals surface area contributed by atoms with E-state index in [-0.39, 0.29) is 21.8 Å². The standard InChI is InChI=1S/C13H19N3O5S/c1-4-10(17)8-5-7(22(3,19)20)6-9(11(8)21-2)12(18)16-13(14)15/h5-6,10,17H,4H2,1-3H3,(H4,14,15,16,18). The first-order valence-corrected chi connectivity index (χ1v) is 8.25. The third-order valence-corrected chi connectivity index (χ3v) is 4.02. The smallest absolute Gasteiger partial charge is 0.283 e. The summed E-state index contributed by atoms with van der Waals surface area (Å²) < 4.78 is 28.7. The highest BCUT2D eigenvalue weighted by Gasteiger charge is 2.24. The Morgan fingerprint density at radius 3 is 2.41 bits per heavy atom. The number of guanidine groups is 1. The van der Waals surface area contributed by atoms with Gasteiger partial charge in [-0.3, -0.25) is 4.79 Å². The number of carbonyl (C=O) groups excluding carboxylic acids is 1. The van der Waals surface area contributed by atoms with E-state index in [1.54, 1.807) is 6.92 Å². The second kappa shape index (κ2) is 6.75. The lowest BCUT2D eigenvalue weighted by molar-refractivity contribution is 0.0998. The van der Waals surface area contributed by atoms with E-state index in [2.05, 4.69) is 4.99 Å². The van der Waals surface area contributed by atoms with Crippen molar-refractivity contribution in [2.75, 3.05) is 13.4 Å². The van der Waals surface area contributed by atoms with Crippen LogP contribution in [0.15, 0.2) is 22.0 Å². The van der Waals surface area contributed by atoms with Gasteiger partial charge in [0.1, 0.15) is 5.75 Å². The highest BCUT2D eigenvalue weighted by molar-refractivity contribution is 7.90. The van der Waals surface area contributed by atoms with E-state index < -0.39 is 27.8 Å². The van der Waals surface area contributed by atoms with Gasteiger partial charge < -0.3 is 21.3 Å². The average molecular weight is 329 g/mol. The molecule has 0 bridgehead atoms. The predicted octanol–water partition coefficient (Wildman–Crippen LogP) is -0.0443. The number of hydrogen-bond donors (Lipinski definition) is 3. The number of hydrogen-bond acceptors (Lipinski definition) is 5. The summed E-state index contributed by atoms with van der Waals surface area (Å²) in [5.74, 6) is -1.28. The molecule has 0 aliphatic rings. The molecule has 1 aromatic rings. The molecule has 1 unspecified atom stereocenters. The van der Waals surface area contributed by atoms with E-state index in [1.165, 1.54) is 13.2 Å². The van der Waals surface area contributed by atoms with Gasteiger partial charge in [0.25, 0.3) is 5.91 Å². The molecule has 5 N–H and O–H groups in total. The third kappa shape index (κ3) is 3.95. The molecule has 0 aromatic heterocycles. The number of benzene rings is 1. The highest BCUT2D eigenvalue weighted by Crippen LogP contribution is 2.34. The molecule has 1 atom stereocenters. The normalized spacial score (nSPS) is 12.5. The molecular formula is C13H19N3O5S. The summed E-state index contributed by atoms with van der Waals surface area (Å²) in [6, 6.07) is 2.39. The van der Waals surface area contributed by atoms with Gasteiger partial charge in [-0.15, -0.1) is 0 Å². The van der Waals surface area contributed by atoms with Crippen molar-refractivity contribution in [3.05, 3.63) is 23.3 Å². The van der Waals surface area contributed by atoms with E-state index >= 15 is 0 Å². The van der Waals surface area contributed by atoms with Crippen molar-refractivity contribution in [1.82, 2.24) is 0 Å². The number of amides is 1. The summed E-state index contributed by atoms with van der Waals surface area (Å²) in [4.78, 5) is 15.3. The minimum atomic E-state index is -3.61. The highest BCUT2D eigenvalue weighted by atomic mass is 32.2. The van der Waals surface area contributed by atoms with E-state index in [4.69, 9.17) is 16.2 Å². The SMILES string of the molecule is CCC(O)c1cc(S(C)(=O)=O)cc(C(=O)N=C(N)N)c1OC. The third-order valence-electron chi connectivity index (χ3n) is 2.93. The fourth-order valence-corrected chi connectivity index (χ4v) is 2.54. The molecule has 0 heterocycles. The van der Waals surface area contributed by atoms with E-state index in [1.807, 2.05) is 0 Å². The summed E-state index contributed by atoms with van der Waals surface area (Å²) in [7, 11) is -2.31. The summed E-state index contributed by atoms with van der Waals surface area (Å²) >= 11 is 0. The molecule has 22 heavy (non-hydrogen) atoms. The van der Waals surface area contributed by atoms with Crippen molar-refractivity contribution in [3.63, 3.8) is 0 Å². The van der Waals surface area contributed by atoms with Crippen LogP contribution in [0.3, 0.4) is 0 Å². The molecule has 0 fully saturated rings. The van der Waals surface area contributed by atoms with Gasteiger partial charge in [-0.05, 0) is 18.6 Å². The molecule has 1 amide bonds. The van der Waals surface area contributed by atoms with Crippen LogP contribution in [-0.4, -0.2) is 38.8 Å². The fourth-order valence-electron chi connectivity index (χ4n) is 1.87. The Morgan fingerprint density at radius 1 is 1.41 bits per heavy atom. The zero-order valence-corrected chi connectivity index (χ0v) is 13.3. The van der Waals surface area contributed by atoms with Crippen LogP contribution < -0.4 is 16.2 Å². The monoisotopic (exact) mass is 329 g/mol. The summed E-state index contributed by atoms with van der Waals surface area (Å²) in [5, 5.41) is 10.0. The molecule has 0 saturated carbocycles. The number of aliphatic imine (C=N–C) groups is 1. The Morgan fingerprint density at radius 2 is 2.00 bits per heavy atom. The predicted molar refractivity (Wildman–Crippen MR) is 81.5 cm³/mol. The van der Waals surface area contributed by atoms with Crippen LogP contribution in [0, 0.1) is 0 Å². The Kier molecular flexibility index (Phi) is 5.50. The number of aliphatic hydroxyl groups is 1. The van der Waals surface area contributed by atoms with Gasteiger partial charge in [0.2, 0.25) is 0 Å². The van der Waals surface area contributed by atoms with Gasteiger partial charge in [-0.1, -0.05) is 6.92 Å². The molecule has 0 saturated heterocycles. The van der Waals surface area contributed by atoms with Gasteiger partial charge >= 0.3 is 0 Å². The van der Waals surface area contributed by atoms with E-state index in [9.17, 15) is 18.3 Å². The molecule has 1 aromatic carbocycles. The maximum Gasteiger partial charge on any atom is 0.283 e. The number of ether oxygens (including phenoxy) is 1. The lowest BCUT2D eigenvalue weighted by Crippen LogP contribution is -2.24. The van der Waals surface area contributed by atoms with Crippen molar-refractivity contribution >= 4 is 21.7 Å². The molecule has 1 rings (SSSR count). The maximum absolute atomic E-state index is 12.1. The fraction of sp³-hybridized carbons (Fsp3) is 0.385. The van der Waals surface area contributed by atoms with Gasteiger partial charge in [0.15, 0.2) is 15.8 Å². The van der Waals surface area contributed by atoms with Gasteiger partial charge in [0.05, 0.1) is 23.7 Å². The average Bonchev–Trinajstić information content (AvgIpc) is 2.43. The molecule has 0 aliphatic heterocycles. The number of carbonyl (C=O) groups is 1. The first-order valence-electron chi connectivity index (χ1n) is 6.35. The van der Waals surface area contributed by atoms with Gasteiger partial charge in [-0.25, -0.2) is 8.42 Å². The number of rotatable bonds is 5. The maximum atomic E-state index is 12.1. The second-order valence-corrected chi connectivity index (χ2v) is 6.65. The quantitative estimate of drug-likeness (QED) is 0.507. The molecule has 0 radical (unpaired) electrons. The minimum absolute atomic E-state index is 0.0387. The molecule has 122 valence electrons. The lowest BCUT2D eigenvalue weighted by Gasteiger charge is -2.17. The Labute approximate surface area is 128 Å². The number of nitrogens with two attached hydrogens (primary N) is 2. The number of methoxy groups -OCH3 is 1. The Hall–Kier alpha value is -2.13. The van der Waals surface area contributed by atoms with Crippen molar-refractivity contribution < 1.29 is 23.1 Å². The summed E-state index contributed by atoms with van der Waals surface area (Å²) in [6.07, 6.45) is 0.299. The van der Waals surface area contributed by atoms with Crippen LogP contribution in [0.2, 0.25) is 0 Å². The zero-order valence-electron chi connectivity index (χ0n) is 12.5. The zero-order chi connectivity index (χ0) is 17.1. The van der Waals surface area contributed by atoms with Crippen LogP contribution in [0.25, 0.3) is 0 Å². The minimum Gasteiger partial charge on any atom is -0.496 e. The first kappa shape index (κ1) is 17.9. The van der Waals surface area contributed by atoms with Gasteiger partial charge in [0, 0.05) is 11.8 Å².